The number of nitrogens with one attached hydrogen (secondary N) is 1. The number of esters is 1. The average molecular weight is 386 g/mol. The van der Waals surface area contributed by atoms with Crippen LogP contribution < -0.4 is 10.9 Å². The van der Waals surface area contributed by atoms with E-state index in [4.69, 9.17) is 11.6 Å². The molecule has 0 atom stereocenters. The van der Waals surface area contributed by atoms with E-state index in [9.17, 15) is 14.4 Å². The third-order valence-electron chi connectivity index (χ3n) is 3.97. The van der Waals surface area contributed by atoms with E-state index in [2.05, 4.69) is 15.0 Å². The number of carbonyl (C=O) groups excluding carboxylic acids is 2. The van der Waals surface area contributed by atoms with Crippen LogP contribution in [0.3, 0.4) is 0 Å². The molecule has 0 saturated carbocycles. The van der Waals surface area contributed by atoms with Crippen molar-refractivity contribution in [2.45, 2.75) is 13.1 Å². The Morgan fingerprint density at radius 2 is 1.96 bits per heavy atom. The van der Waals surface area contributed by atoms with Crippen LogP contribution in [0.2, 0.25) is 5.02 Å². The standard InChI is InChI=1S/C19H16ClN3O4/c1-27-16(24)11-23-17-13(3-2-8-21-17)9-15(19(23)26)18(25)22-10-12-4-6-14(20)7-5-12/h2-9H,10-11H2,1H3,(H,22,25). The number of halogens is 1. The molecule has 27 heavy (non-hydrogen) atoms. The summed E-state index contributed by atoms with van der Waals surface area (Å²) < 4.78 is 5.77. The van der Waals surface area contributed by atoms with Crippen LogP contribution in [0.15, 0.2) is 53.5 Å². The van der Waals surface area contributed by atoms with Crippen LogP contribution in [-0.2, 0) is 22.6 Å². The number of amides is 1. The molecule has 1 amide bonds. The van der Waals surface area contributed by atoms with Gasteiger partial charge in [-0.15, -0.1) is 0 Å². The molecule has 138 valence electrons. The van der Waals surface area contributed by atoms with Gasteiger partial charge in [0.1, 0.15) is 17.8 Å². The van der Waals surface area contributed by atoms with Crippen molar-refractivity contribution in [2.75, 3.05) is 7.11 Å². The van der Waals surface area contributed by atoms with E-state index in [-0.39, 0.29) is 18.7 Å². The molecule has 7 nitrogen and oxygen atoms in total. The summed E-state index contributed by atoms with van der Waals surface area (Å²) in [5, 5.41) is 3.87. The number of nitrogens with zero attached hydrogens (tertiary/aromatic N) is 2. The summed E-state index contributed by atoms with van der Waals surface area (Å²) in [5.41, 5.74) is 0.459. The van der Waals surface area contributed by atoms with Gasteiger partial charge in [0.05, 0.1) is 7.11 Å². The molecule has 0 unspecified atom stereocenters. The minimum atomic E-state index is -0.611. The molecule has 3 aromatic rings. The molecule has 0 aliphatic heterocycles. The number of methoxy groups -OCH3 is 1. The van der Waals surface area contributed by atoms with E-state index in [0.29, 0.717) is 16.1 Å². The first-order chi connectivity index (χ1) is 13.0. The van der Waals surface area contributed by atoms with Crippen molar-refractivity contribution in [2.24, 2.45) is 0 Å². The summed E-state index contributed by atoms with van der Waals surface area (Å²) in [5.74, 6) is -1.15. The van der Waals surface area contributed by atoms with Crippen molar-refractivity contribution >= 4 is 34.5 Å². The SMILES string of the molecule is COC(=O)Cn1c(=O)c(C(=O)NCc2ccc(Cl)cc2)cc2cccnc21. The fourth-order valence-corrected chi connectivity index (χ4v) is 2.72. The van der Waals surface area contributed by atoms with Crippen LogP contribution >= 0.6 is 11.6 Å². The van der Waals surface area contributed by atoms with E-state index in [1.807, 2.05) is 0 Å². The summed E-state index contributed by atoms with van der Waals surface area (Å²) >= 11 is 5.84. The Morgan fingerprint density at radius 3 is 2.67 bits per heavy atom. The summed E-state index contributed by atoms with van der Waals surface area (Å²) in [6.07, 6.45) is 1.51. The first-order valence-corrected chi connectivity index (χ1v) is 8.45. The lowest BCUT2D eigenvalue weighted by Gasteiger charge is -2.11. The molecule has 0 aliphatic rings. The Morgan fingerprint density at radius 1 is 1.22 bits per heavy atom. The Balaban J connectivity index is 1.94. The molecule has 0 saturated heterocycles. The predicted octanol–water partition coefficient (Wildman–Crippen LogP) is 2.15. The second kappa shape index (κ2) is 8.01. The fourth-order valence-electron chi connectivity index (χ4n) is 2.59. The minimum absolute atomic E-state index is 0.0756. The van der Waals surface area contributed by atoms with Crippen molar-refractivity contribution in [3.8, 4) is 0 Å². The number of benzene rings is 1. The third-order valence-corrected chi connectivity index (χ3v) is 4.23. The Labute approximate surface area is 159 Å². The highest BCUT2D eigenvalue weighted by molar-refractivity contribution is 6.30. The van der Waals surface area contributed by atoms with E-state index in [1.165, 1.54) is 19.4 Å². The Hall–Kier alpha value is -3.19. The first-order valence-electron chi connectivity index (χ1n) is 8.07. The van der Waals surface area contributed by atoms with Crippen LogP contribution in [0, 0.1) is 0 Å². The number of rotatable bonds is 5. The van der Waals surface area contributed by atoms with Crippen LogP contribution in [0.1, 0.15) is 15.9 Å². The number of aromatic nitrogens is 2. The van der Waals surface area contributed by atoms with Crippen LogP contribution in [0.4, 0.5) is 0 Å². The number of hydrogen-bond donors (Lipinski definition) is 1. The van der Waals surface area contributed by atoms with Gasteiger partial charge in [-0.2, -0.15) is 0 Å². The van der Waals surface area contributed by atoms with Crippen molar-refractivity contribution in [3.05, 3.63) is 75.2 Å². The van der Waals surface area contributed by atoms with Gasteiger partial charge in [-0.3, -0.25) is 19.0 Å². The van der Waals surface area contributed by atoms with Gasteiger partial charge in [0, 0.05) is 23.2 Å². The highest BCUT2D eigenvalue weighted by Crippen LogP contribution is 2.12. The lowest BCUT2D eigenvalue weighted by atomic mass is 10.1. The summed E-state index contributed by atoms with van der Waals surface area (Å²) in [7, 11) is 1.23. The summed E-state index contributed by atoms with van der Waals surface area (Å²) in [6.45, 7) is -0.0985. The zero-order chi connectivity index (χ0) is 19.4. The normalized spacial score (nSPS) is 10.6. The molecule has 8 heteroatoms. The number of fused-ring (bicyclic) bond motifs is 1. The molecular formula is C19H16ClN3O4. The third kappa shape index (κ3) is 4.15. The maximum Gasteiger partial charge on any atom is 0.325 e. The monoisotopic (exact) mass is 385 g/mol. The quantitative estimate of drug-likeness (QED) is 0.679. The maximum atomic E-state index is 12.8. The average Bonchev–Trinajstić information content (AvgIpc) is 2.69. The van der Waals surface area contributed by atoms with E-state index < -0.39 is 17.4 Å². The topological polar surface area (TPSA) is 90.3 Å². The van der Waals surface area contributed by atoms with Gasteiger partial charge in [0.25, 0.3) is 11.5 Å². The molecule has 0 radical (unpaired) electrons. The molecule has 1 aromatic carbocycles. The summed E-state index contributed by atoms with van der Waals surface area (Å²) in [6, 6.07) is 11.9. The zero-order valence-corrected chi connectivity index (χ0v) is 15.2. The van der Waals surface area contributed by atoms with E-state index in [1.54, 1.807) is 36.4 Å². The molecule has 3 rings (SSSR count). The second-order valence-electron chi connectivity index (χ2n) is 5.75. The lowest BCUT2D eigenvalue weighted by molar-refractivity contribution is -0.141. The molecule has 0 spiro atoms. The molecule has 0 aliphatic carbocycles. The van der Waals surface area contributed by atoms with Crippen LogP contribution in [0.25, 0.3) is 11.0 Å². The maximum absolute atomic E-state index is 12.8. The number of ether oxygens (including phenoxy) is 1. The molecule has 0 bridgehead atoms. The Kier molecular flexibility index (Phi) is 5.52. The zero-order valence-electron chi connectivity index (χ0n) is 14.4. The van der Waals surface area contributed by atoms with Crippen LogP contribution in [-0.4, -0.2) is 28.5 Å². The van der Waals surface area contributed by atoms with Gasteiger partial charge in [-0.25, -0.2) is 4.98 Å². The largest absolute Gasteiger partial charge is 0.468 e. The van der Waals surface area contributed by atoms with Gasteiger partial charge in [-0.1, -0.05) is 23.7 Å². The van der Waals surface area contributed by atoms with Crippen LogP contribution in [0.5, 0.6) is 0 Å². The fraction of sp³-hybridized carbons (Fsp3) is 0.158. The van der Waals surface area contributed by atoms with Crippen molar-refractivity contribution in [1.82, 2.24) is 14.9 Å². The van der Waals surface area contributed by atoms with Crippen molar-refractivity contribution in [1.29, 1.82) is 0 Å². The molecule has 2 aromatic heterocycles. The molecule has 0 fully saturated rings. The second-order valence-corrected chi connectivity index (χ2v) is 6.19. The molecule has 2 heterocycles. The van der Waals surface area contributed by atoms with E-state index in [0.717, 1.165) is 10.1 Å². The number of pyridine rings is 2. The minimum Gasteiger partial charge on any atom is -0.468 e. The first kappa shape index (κ1) is 18.6. The molecule has 1 N–H and O–H groups in total. The Bertz CT molecular complexity index is 1060. The molecular weight excluding hydrogens is 370 g/mol. The lowest BCUT2D eigenvalue weighted by Crippen LogP contribution is -2.34. The van der Waals surface area contributed by atoms with Crippen molar-refractivity contribution < 1.29 is 14.3 Å². The van der Waals surface area contributed by atoms with Gasteiger partial charge in [0.15, 0.2) is 0 Å². The van der Waals surface area contributed by atoms with Gasteiger partial charge < -0.3 is 10.1 Å². The predicted molar refractivity (Wildman–Crippen MR) is 101 cm³/mol. The smallest absolute Gasteiger partial charge is 0.325 e. The highest BCUT2D eigenvalue weighted by Gasteiger charge is 2.18. The van der Waals surface area contributed by atoms with Gasteiger partial charge in [0.2, 0.25) is 0 Å². The number of hydrogen-bond acceptors (Lipinski definition) is 5. The van der Waals surface area contributed by atoms with Crippen molar-refractivity contribution in [3.63, 3.8) is 0 Å². The number of carbonyl (C=O) groups is 2. The van der Waals surface area contributed by atoms with Gasteiger partial charge in [-0.05, 0) is 35.9 Å². The highest BCUT2D eigenvalue weighted by atomic mass is 35.5. The van der Waals surface area contributed by atoms with Gasteiger partial charge >= 0.3 is 5.97 Å². The van der Waals surface area contributed by atoms with E-state index >= 15 is 0 Å². The summed E-state index contributed by atoms with van der Waals surface area (Å²) in [4.78, 5) is 41.2.